The van der Waals surface area contributed by atoms with Crippen LogP contribution in [0.3, 0.4) is 0 Å². The fourth-order valence-corrected chi connectivity index (χ4v) is 3.16. The number of rotatable bonds is 11. The van der Waals surface area contributed by atoms with E-state index < -0.39 is 18.2 Å². The van der Waals surface area contributed by atoms with Crippen molar-refractivity contribution in [3.8, 4) is 0 Å². The van der Waals surface area contributed by atoms with Gasteiger partial charge in [-0.15, -0.1) is 0 Å². The third-order valence-corrected chi connectivity index (χ3v) is 4.61. The van der Waals surface area contributed by atoms with Gasteiger partial charge in [-0.25, -0.2) is 0 Å². The lowest BCUT2D eigenvalue weighted by molar-refractivity contribution is -0.137. The van der Waals surface area contributed by atoms with E-state index in [1.807, 2.05) is 6.92 Å². The van der Waals surface area contributed by atoms with Crippen LogP contribution in [0.5, 0.6) is 0 Å². The summed E-state index contributed by atoms with van der Waals surface area (Å²) in [6.45, 7) is 1.88. The van der Waals surface area contributed by atoms with Crippen LogP contribution in [0.25, 0.3) is 0 Å². The van der Waals surface area contributed by atoms with Gasteiger partial charge in [0.05, 0.1) is 12.2 Å². The minimum absolute atomic E-state index is 0.115. The van der Waals surface area contributed by atoms with Crippen molar-refractivity contribution in [3.63, 3.8) is 0 Å². The van der Waals surface area contributed by atoms with Crippen molar-refractivity contribution < 1.29 is 24.9 Å². The number of aliphatic hydroxyl groups excluding tert-OH is 2. The second-order valence-electron chi connectivity index (χ2n) is 6.48. The molecule has 0 amide bonds. The molecule has 4 atom stereocenters. The Morgan fingerprint density at radius 1 is 1.26 bits per heavy atom. The van der Waals surface area contributed by atoms with Gasteiger partial charge in [0.2, 0.25) is 0 Å². The summed E-state index contributed by atoms with van der Waals surface area (Å²) >= 11 is 0. The van der Waals surface area contributed by atoms with Crippen molar-refractivity contribution in [3.05, 3.63) is 12.2 Å². The minimum atomic E-state index is -0.751. The number of aliphatic carboxylic acids is 1. The summed E-state index contributed by atoms with van der Waals surface area (Å²) in [5.41, 5.74) is 0. The third-order valence-electron chi connectivity index (χ3n) is 4.61. The maximum Gasteiger partial charge on any atom is 0.303 e. The molecule has 0 saturated heterocycles. The van der Waals surface area contributed by atoms with E-state index in [0.29, 0.717) is 12.8 Å². The maximum absolute atomic E-state index is 12.0. The molecule has 23 heavy (non-hydrogen) atoms. The minimum Gasteiger partial charge on any atom is -0.481 e. The van der Waals surface area contributed by atoms with Gasteiger partial charge in [0.1, 0.15) is 5.78 Å². The van der Waals surface area contributed by atoms with Crippen molar-refractivity contribution in [2.24, 2.45) is 11.8 Å². The van der Waals surface area contributed by atoms with Gasteiger partial charge in [-0.1, -0.05) is 44.8 Å². The molecule has 5 nitrogen and oxygen atoms in total. The summed E-state index contributed by atoms with van der Waals surface area (Å²) in [5, 5.41) is 28.2. The van der Waals surface area contributed by atoms with E-state index in [0.717, 1.165) is 32.1 Å². The normalized spacial score (nSPS) is 26.0. The van der Waals surface area contributed by atoms with E-state index in [4.69, 9.17) is 5.11 Å². The molecule has 1 rings (SSSR count). The highest BCUT2D eigenvalue weighted by molar-refractivity contribution is 5.84. The summed E-state index contributed by atoms with van der Waals surface area (Å²) in [5.74, 6) is -0.969. The van der Waals surface area contributed by atoms with Crippen molar-refractivity contribution in [2.75, 3.05) is 0 Å². The van der Waals surface area contributed by atoms with E-state index in [9.17, 15) is 19.8 Å². The van der Waals surface area contributed by atoms with Crippen LogP contribution in [-0.2, 0) is 9.59 Å². The molecule has 0 radical (unpaired) electrons. The zero-order chi connectivity index (χ0) is 17.2. The van der Waals surface area contributed by atoms with E-state index in [1.54, 1.807) is 12.2 Å². The van der Waals surface area contributed by atoms with Gasteiger partial charge in [-0.2, -0.15) is 0 Å². The Hall–Kier alpha value is -1.20. The maximum atomic E-state index is 12.0. The van der Waals surface area contributed by atoms with Crippen LogP contribution < -0.4 is 0 Å². The number of hydrogen-bond donors (Lipinski definition) is 3. The second kappa shape index (κ2) is 10.6. The van der Waals surface area contributed by atoms with E-state index in [2.05, 4.69) is 0 Å². The number of Topliss-reactive ketones (excluding diaryl/α,β-unsaturated/α-hetero) is 1. The molecule has 0 heterocycles. The van der Waals surface area contributed by atoms with Gasteiger partial charge in [0.25, 0.3) is 0 Å². The van der Waals surface area contributed by atoms with E-state index in [-0.39, 0.29) is 30.5 Å². The average molecular weight is 326 g/mol. The Bertz CT molecular complexity index is 404. The first kappa shape index (κ1) is 19.8. The number of carboxylic acid groups (broad SMARTS) is 1. The van der Waals surface area contributed by atoms with Gasteiger partial charge in [0, 0.05) is 24.7 Å². The Morgan fingerprint density at radius 2 is 1.91 bits per heavy atom. The number of unbranched alkanes of at least 4 members (excludes halogenated alkanes) is 4. The third kappa shape index (κ3) is 7.27. The summed E-state index contributed by atoms with van der Waals surface area (Å²) in [4.78, 5) is 22.4. The van der Waals surface area contributed by atoms with Gasteiger partial charge in [-0.3, -0.25) is 9.59 Å². The van der Waals surface area contributed by atoms with Crippen molar-refractivity contribution in [1.29, 1.82) is 0 Å². The highest BCUT2D eigenvalue weighted by Gasteiger charge is 2.39. The number of ketones is 1. The molecule has 1 fully saturated rings. The van der Waals surface area contributed by atoms with Crippen LogP contribution in [-0.4, -0.2) is 39.3 Å². The SMILES string of the molecule is CC[C@@H](O)/C=C/[C@@H]1[C@@H](O)CC(=O)[C@@H]1CCCCCCCC(=O)O. The number of aliphatic hydroxyl groups is 2. The summed E-state index contributed by atoms with van der Waals surface area (Å²) < 4.78 is 0. The number of carboxylic acids is 1. The molecule has 0 aliphatic heterocycles. The molecule has 0 aromatic heterocycles. The summed E-state index contributed by atoms with van der Waals surface area (Å²) in [6.07, 6.45) is 8.62. The van der Waals surface area contributed by atoms with Crippen LogP contribution in [0, 0.1) is 11.8 Å². The highest BCUT2D eigenvalue weighted by Crippen LogP contribution is 2.34. The number of carbonyl (C=O) groups excluding carboxylic acids is 1. The molecule has 3 N–H and O–H groups in total. The Kier molecular flexibility index (Phi) is 9.10. The van der Waals surface area contributed by atoms with Gasteiger partial charge < -0.3 is 15.3 Å². The first-order chi connectivity index (χ1) is 11.0. The zero-order valence-electron chi connectivity index (χ0n) is 14.0. The molecular weight excluding hydrogens is 296 g/mol. The first-order valence-corrected chi connectivity index (χ1v) is 8.74. The molecule has 1 aliphatic rings. The van der Waals surface area contributed by atoms with Crippen molar-refractivity contribution >= 4 is 11.8 Å². The lowest BCUT2D eigenvalue weighted by Gasteiger charge is -2.17. The molecule has 0 unspecified atom stereocenters. The van der Waals surface area contributed by atoms with Crippen LogP contribution in [0.2, 0.25) is 0 Å². The van der Waals surface area contributed by atoms with Crippen LogP contribution >= 0.6 is 0 Å². The molecule has 0 aromatic carbocycles. The van der Waals surface area contributed by atoms with Crippen molar-refractivity contribution in [2.45, 2.75) is 76.9 Å². The fourth-order valence-electron chi connectivity index (χ4n) is 3.16. The average Bonchev–Trinajstić information content (AvgIpc) is 2.77. The number of carbonyl (C=O) groups is 2. The molecule has 5 heteroatoms. The second-order valence-corrected chi connectivity index (χ2v) is 6.48. The van der Waals surface area contributed by atoms with Crippen molar-refractivity contribution in [1.82, 2.24) is 0 Å². The molecule has 1 aliphatic carbocycles. The standard InChI is InChI=1S/C18H30O5/c1-2-13(19)10-11-15-14(16(20)12-17(15)21)8-6-4-3-5-7-9-18(22)23/h10-11,13-15,17,19,21H,2-9,12H2,1H3,(H,22,23)/b11-10+/t13-,14-,15+,17+/m1/s1. The van der Waals surface area contributed by atoms with Crippen LogP contribution in [0.1, 0.15) is 64.7 Å². The van der Waals surface area contributed by atoms with E-state index >= 15 is 0 Å². The van der Waals surface area contributed by atoms with Crippen LogP contribution in [0.15, 0.2) is 12.2 Å². The molecule has 0 aromatic rings. The Labute approximate surface area is 138 Å². The van der Waals surface area contributed by atoms with Gasteiger partial charge >= 0.3 is 5.97 Å². The smallest absolute Gasteiger partial charge is 0.303 e. The zero-order valence-corrected chi connectivity index (χ0v) is 14.0. The molecule has 0 bridgehead atoms. The summed E-state index contributed by atoms with van der Waals surface area (Å²) in [7, 11) is 0. The highest BCUT2D eigenvalue weighted by atomic mass is 16.4. The predicted octanol–water partition coefficient (Wildman–Crippen LogP) is 2.69. The first-order valence-electron chi connectivity index (χ1n) is 8.74. The monoisotopic (exact) mass is 326 g/mol. The predicted molar refractivity (Wildman–Crippen MR) is 88.0 cm³/mol. The molecule has 0 spiro atoms. The largest absolute Gasteiger partial charge is 0.481 e. The van der Waals surface area contributed by atoms with Gasteiger partial charge in [0.15, 0.2) is 0 Å². The lowest BCUT2D eigenvalue weighted by atomic mass is 9.88. The molecule has 132 valence electrons. The van der Waals surface area contributed by atoms with Gasteiger partial charge in [-0.05, 0) is 19.3 Å². The van der Waals surface area contributed by atoms with E-state index in [1.165, 1.54) is 0 Å². The summed E-state index contributed by atoms with van der Waals surface area (Å²) in [6, 6.07) is 0. The fraction of sp³-hybridized carbons (Fsp3) is 0.778. The quantitative estimate of drug-likeness (QED) is 0.401. The lowest BCUT2D eigenvalue weighted by Crippen LogP contribution is -2.19. The Morgan fingerprint density at radius 3 is 2.57 bits per heavy atom. The molecular formula is C18H30O5. The topological polar surface area (TPSA) is 94.8 Å². The Balaban J connectivity index is 2.33. The number of hydrogen-bond acceptors (Lipinski definition) is 4. The van der Waals surface area contributed by atoms with Crippen LogP contribution in [0.4, 0.5) is 0 Å². The molecule has 1 saturated carbocycles.